The molecule has 0 aromatic heterocycles. The summed E-state index contributed by atoms with van der Waals surface area (Å²) in [6.45, 7) is 2.35. The van der Waals surface area contributed by atoms with Crippen LogP contribution in [-0.4, -0.2) is 25.2 Å². The minimum atomic E-state index is 0.575. The molecule has 0 unspecified atom stereocenters. The molecule has 0 bridgehead atoms. The van der Waals surface area contributed by atoms with Gasteiger partial charge in [0.05, 0.1) is 0 Å². The van der Waals surface area contributed by atoms with Gasteiger partial charge in [-0.3, -0.25) is 0 Å². The second-order valence-corrected chi connectivity index (χ2v) is 6.71. The van der Waals surface area contributed by atoms with Gasteiger partial charge in [0.25, 0.3) is 0 Å². The number of para-hydroxylation sites is 1. The van der Waals surface area contributed by atoms with Crippen LogP contribution in [-0.2, 0) is 6.54 Å². The highest BCUT2D eigenvalue weighted by atomic mass is 35.5. The molecule has 128 valence electrons. The van der Waals surface area contributed by atoms with Crippen molar-refractivity contribution in [1.29, 1.82) is 0 Å². The molecule has 2 N–H and O–H groups in total. The number of halogens is 2. The van der Waals surface area contributed by atoms with Crippen molar-refractivity contribution in [2.75, 3.05) is 25.0 Å². The van der Waals surface area contributed by atoms with E-state index in [0.717, 1.165) is 25.1 Å². The largest absolute Gasteiger partial charge is 0.375 e. The molecule has 0 spiro atoms. The third-order valence-corrected chi connectivity index (χ3v) is 4.48. The topological polar surface area (TPSA) is 27.3 Å². The Kier molecular flexibility index (Phi) is 7.63. The maximum absolute atomic E-state index is 6.14. The number of rotatable bonds is 7. The van der Waals surface area contributed by atoms with E-state index in [0.29, 0.717) is 21.7 Å². The molecule has 0 radical (unpaired) electrons. The molecule has 0 saturated heterocycles. The van der Waals surface area contributed by atoms with Crippen LogP contribution in [0.15, 0.2) is 48.5 Å². The number of hydrogen-bond acceptors (Lipinski definition) is 2. The maximum Gasteiger partial charge on any atom is 0.166 e. The van der Waals surface area contributed by atoms with Crippen LogP contribution in [0.4, 0.5) is 5.69 Å². The normalized spacial score (nSPS) is 10.3. The van der Waals surface area contributed by atoms with E-state index in [4.69, 9.17) is 35.4 Å². The highest BCUT2D eigenvalue weighted by Crippen LogP contribution is 2.20. The number of benzene rings is 2. The second kappa shape index (κ2) is 9.72. The minimum Gasteiger partial charge on any atom is -0.375 e. The van der Waals surface area contributed by atoms with Crippen molar-refractivity contribution >= 4 is 46.2 Å². The number of nitrogens with zero attached hydrogens (tertiary/aromatic N) is 1. The van der Waals surface area contributed by atoms with Gasteiger partial charge in [-0.2, -0.15) is 0 Å². The summed E-state index contributed by atoms with van der Waals surface area (Å²) < 4.78 is 0. The summed E-state index contributed by atoms with van der Waals surface area (Å²) in [4.78, 5) is 2.23. The van der Waals surface area contributed by atoms with Gasteiger partial charge in [-0.15, -0.1) is 0 Å². The summed E-state index contributed by atoms with van der Waals surface area (Å²) >= 11 is 17.3. The molecule has 0 aliphatic heterocycles. The average molecular weight is 382 g/mol. The smallest absolute Gasteiger partial charge is 0.166 e. The van der Waals surface area contributed by atoms with Gasteiger partial charge in [-0.05, 0) is 48.5 Å². The fourth-order valence-corrected chi connectivity index (χ4v) is 2.88. The van der Waals surface area contributed by atoms with E-state index in [9.17, 15) is 0 Å². The molecular weight excluding hydrogens is 361 g/mol. The third-order valence-electron chi connectivity index (χ3n) is 3.61. The van der Waals surface area contributed by atoms with Crippen molar-refractivity contribution in [3.63, 3.8) is 0 Å². The molecule has 0 amide bonds. The van der Waals surface area contributed by atoms with Gasteiger partial charge < -0.3 is 15.5 Å². The fraction of sp³-hybridized carbons (Fsp3) is 0.278. The summed E-state index contributed by atoms with van der Waals surface area (Å²) in [6.07, 6.45) is 0.995. The molecule has 24 heavy (non-hydrogen) atoms. The van der Waals surface area contributed by atoms with Gasteiger partial charge in [0.2, 0.25) is 0 Å². The fourth-order valence-electron chi connectivity index (χ4n) is 2.23. The molecule has 0 aliphatic carbocycles. The van der Waals surface area contributed by atoms with E-state index in [1.165, 1.54) is 5.69 Å². The molecule has 2 aromatic rings. The Bertz CT molecular complexity index is 665. The zero-order valence-electron chi connectivity index (χ0n) is 13.6. The number of nitrogens with one attached hydrogen (secondary N) is 2. The number of thiocarbonyl (C=S) groups is 1. The predicted octanol–water partition coefficient (Wildman–Crippen LogP) is 4.48. The van der Waals surface area contributed by atoms with Gasteiger partial charge in [0.15, 0.2) is 5.11 Å². The lowest BCUT2D eigenvalue weighted by Gasteiger charge is -2.19. The van der Waals surface area contributed by atoms with Crippen molar-refractivity contribution in [3.8, 4) is 0 Å². The van der Waals surface area contributed by atoms with Crippen LogP contribution in [0.1, 0.15) is 12.0 Å². The van der Waals surface area contributed by atoms with Gasteiger partial charge in [0, 0.05) is 42.4 Å². The molecule has 6 heteroatoms. The van der Waals surface area contributed by atoms with E-state index in [2.05, 4.69) is 34.7 Å². The van der Waals surface area contributed by atoms with Crippen molar-refractivity contribution in [3.05, 3.63) is 64.1 Å². The van der Waals surface area contributed by atoms with Crippen LogP contribution in [0.5, 0.6) is 0 Å². The van der Waals surface area contributed by atoms with Gasteiger partial charge in [-0.25, -0.2) is 0 Å². The molecule has 2 rings (SSSR count). The van der Waals surface area contributed by atoms with E-state index in [-0.39, 0.29) is 0 Å². The Morgan fingerprint density at radius 3 is 2.54 bits per heavy atom. The highest BCUT2D eigenvalue weighted by Gasteiger charge is 2.03. The Morgan fingerprint density at radius 1 is 1.08 bits per heavy atom. The van der Waals surface area contributed by atoms with E-state index < -0.39 is 0 Å². The van der Waals surface area contributed by atoms with E-state index in [1.807, 2.05) is 30.3 Å². The Balaban J connectivity index is 1.65. The molecule has 0 atom stereocenters. The summed E-state index contributed by atoms with van der Waals surface area (Å²) in [5.74, 6) is 0. The lowest BCUT2D eigenvalue weighted by molar-refractivity contribution is 0.738. The highest BCUT2D eigenvalue weighted by molar-refractivity contribution is 7.80. The SMILES string of the molecule is CN(CCCNC(=S)NCc1ccc(Cl)cc1Cl)c1ccccc1. The van der Waals surface area contributed by atoms with Crippen LogP contribution in [0.3, 0.4) is 0 Å². The minimum absolute atomic E-state index is 0.575. The van der Waals surface area contributed by atoms with Gasteiger partial charge >= 0.3 is 0 Å². The van der Waals surface area contributed by atoms with Crippen molar-refractivity contribution in [2.45, 2.75) is 13.0 Å². The first kappa shape index (κ1) is 18.8. The lowest BCUT2D eigenvalue weighted by atomic mass is 10.2. The molecule has 3 nitrogen and oxygen atoms in total. The Labute approximate surface area is 159 Å². The quantitative estimate of drug-likeness (QED) is 0.545. The van der Waals surface area contributed by atoms with E-state index >= 15 is 0 Å². The van der Waals surface area contributed by atoms with Crippen LogP contribution in [0.2, 0.25) is 10.0 Å². The number of anilines is 1. The van der Waals surface area contributed by atoms with Crippen LogP contribution >= 0.6 is 35.4 Å². The average Bonchev–Trinajstić information content (AvgIpc) is 2.58. The molecular formula is C18H21Cl2N3S. The standard InChI is InChI=1S/C18H21Cl2N3S/c1-23(16-6-3-2-4-7-16)11-5-10-21-18(24)22-13-14-8-9-15(19)12-17(14)20/h2-4,6-9,12H,5,10-11,13H2,1H3,(H2,21,22,24). The summed E-state index contributed by atoms with van der Waals surface area (Å²) in [5.41, 5.74) is 2.18. The van der Waals surface area contributed by atoms with Crippen molar-refractivity contribution in [2.24, 2.45) is 0 Å². The van der Waals surface area contributed by atoms with Crippen LogP contribution in [0, 0.1) is 0 Å². The number of hydrogen-bond donors (Lipinski definition) is 2. The molecule has 0 aliphatic rings. The van der Waals surface area contributed by atoms with Crippen LogP contribution < -0.4 is 15.5 Å². The van der Waals surface area contributed by atoms with Crippen molar-refractivity contribution < 1.29 is 0 Å². The Hall–Kier alpha value is -1.49. The van der Waals surface area contributed by atoms with Gasteiger partial charge in [-0.1, -0.05) is 47.5 Å². The van der Waals surface area contributed by atoms with Gasteiger partial charge in [0.1, 0.15) is 0 Å². The monoisotopic (exact) mass is 381 g/mol. The first-order valence-corrected chi connectivity index (χ1v) is 8.94. The lowest BCUT2D eigenvalue weighted by Crippen LogP contribution is -2.36. The zero-order valence-corrected chi connectivity index (χ0v) is 15.9. The summed E-state index contributed by atoms with van der Waals surface area (Å²) in [5, 5.41) is 8.27. The molecule has 0 heterocycles. The zero-order chi connectivity index (χ0) is 17.4. The predicted molar refractivity (Wildman–Crippen MR) is 108 cm³/mol. The molecule has 0 fully saturated rings. The molecule has 0 saturated carbocycles. The Morgan fingerprint density at radius 2 is 1.83 bits per heavy atom. The first-order valence-electron chi connectivity index (χ1n) is 7.78. The third kappa shape index (κ3) is 6.19. The summed E-state index contributed by atoms with van der Waals surface area (Å²) in [7, 11) is 2.09. The van der Waals surface area contributed by atoms with E-state index in [1.54, 1.807) is 6.07 Å². The summed E-state index contributed by atoms with van der Waals surface area (Å²) in [6, 6.07) is 15.8. The van der Waals surface area contributed by atoms with Crippen molar-refractivity contribution in [1.82, 2.24) is 10.6 Å². The van der Waals surface area contributed by atoms with Crippen LogP contribution in [0.25, 0.3) is 0 Å². The first-order chi connectivity index (χ1) is 11.6. The second-order valence-electron chi connectivity index (χ2n) is 5.46. The molecule has 2 aromatic carbocycles. The maximum atomic E-state index is 6.14.